The van der Waals surface area contributed by atoms with E-state index in [0.29, 0.717) is 0 Å². The fourth-order valence-corrected chi connectivity index (χ4v) is 7.55. The average Bonchev–Trinajstić information content (AvgIpc) is 1.48. The summed E-state index contributed by atoms with van der Waals surface area (Å²) in [6.07, 6.45) is 0. The van der Waals surface area contributed by atoms with Gasteiger partial charge >= 0.3 is 0 Å². The number of fused-ring (bicyclic) bond motifs is 7. The topological polar surface area (TPSA) is 3.24 Å². The average molecular weight is 793 g/mol. The summed E-state index contributed by atoms with van der Waals surface area (Å²) in [5, 5.41) is -1.39. The highest BCUT2D eigenvalue weighted by atomic mass is 15.1. The van der Waals surface area contributed by atoms with Gasteiger partial charge in [0.2, 0.25) is 0 Å². The summed E-state index contributed by atoms with van der Waals surface area (Å²) in [4.78, 5) is 0.248. The van der Waals surface area contributed by atoms with Crippen molar-refractivity contribution in [1.29, 1.82) is 0 Å². The lowest BCUT2D eigenvalue weighted by Gasteiger charge is -2.30. The first-order valence-electron chi connectivity index (χ1n) is 36.3. The first kappa shape index (κ1) is 13.8. The monoisotopic (exact) mass is 793 g/mol. The molecule has 59 heavy (non-hydrogen) atoms. The molecule has 0 bridgehead atoms. The summed E-state index contributed by atoms with van der Waals surface area (Å²) in [7, 11) is 0. The zero-order valence-electron chi connectivity index (χ0n) is 67.1. The first-order valence-corrected chi connectivity index (χ1v) is 17.8. The first-order chi connectivity index (χ1) is 44.2. The molecule has 0 amide bonds. The van der Waals surface area contributed by atoms with Gasteiger partial charge in [-0.1, -0.05) is 197 Å². The summed E-state index contributed by atoms with van der Waals surface area (Å²) >= 11 is 0. The lowest BCUT2D eigenvalue weighted by Crippen LogP contribution is -2.17. The van der Waals surface area contributed by atoms with Crippen LogP contribution in [0.15, 0.2) is 200 Å². The molecule has 0 saturated carbocycles. The number of rotatable bonds is 6. The van der Waals surface area contributed by atoms with Crippen LogP contribution in [0.5, 0.6) is 0 Å². The second kappa shape index (κ2) is 13.3. The Hall–Kier alpha value is -6.96. The minimum atomic E-state index is -4.09. The third-order valence-corrected chi connectivity index (χ3v) is 10.3. The van der Waals surface area contributed by atoms with Gasteiger partial charge in [0.25, 0.3) is 0 Å². The predicted molar refractivity (Wildman–Crippen MR) is 250 cm³/mol. The summed E-state index contributed by atoms with van der Waals surface area (Å²) in [6.45, 7) is -15.8. The molecule has 0 atom stereocenters. The molecule has 0 unspecified atom stereocenters. The van der Waals surface area contributed by atoms with Gasteiger partial charge in [-0.25, -0.2) is 0 Å². The van der Waals surface area contributed by atoms with E-state index in [4.69, 9.17) is 30.2 Å². The molecule has 2 aliphatic carbocycles. The van der Waals surface area contributed by atoms with Crippen LogP contribution < -0.4 is 4.90 Å². The fraction of sp³-hybridized carbons (Fsp3) is 0.103. The van der Waals surface area contributed by atoms with Crippen molar-refractivity contribution in [2.75, 3.05) is 4.90 Å². The molecule has 0 fully saturated rings. The quantitative estimate of drug-likeness (QED) is 0.162. The van der Waals surface area contributed by atoms with Crippen LogP contribution in [0.1, 0.15) is 100 Å². The van der Waals surface area contributed by atoms with Crippen LogP contribution in [0.3, 0.4) is 0 Å². The standard InChI is InChI=1S/C58H45N/c1-57(2)51-22-13-11-20-49(51)56-52(57)23-14-24-54(56)59(44-34-36-48-47-19-10-12-21-50(47)58(3,4)53(48)37-44)43-32-29-41(30-33-43)46-35-31-40-17-8-9-18-45(40)55(46)42-27-25-39(26-28-42)38-15-6-5-7-16-38/h5-37H,1-4H3/i1D3,2D3,3D3,4D3,5D,6D,8D,9D,10D,12D,14D,15D,17D,18D,19D,21D,23D,24D,25D,27D,29D,30D,31D,32D,33D,34D,35D,36D,37D. The van der Waals surface area contributed by atoms with E-state index in [9.17, 15) is 20.6 Å². The summed E-state index contributed by atoms with van der Waals surface area (Å²) < 4.78 is 342. The van der Waals surface area contributed by atoms with E-state index >= 15 is 0 Å². The minimum absolute atomic E-state index is 0.135. The van der Waals surface area contributed by atoms with Crippen LogP contribution in [0.4, 0.5) is 17.1 Å². The SMILES string of the molecule is [2H]c1ccc(-c2ccc(-c3c(-c4c([2H])c([2H])c(N(c5c([2H])c([2H])c6c(c5[2H])C(C([2H])([2H])[2H])(C([2H])([2H])[2H])c5c([2H])c([2H])c([2H])c([2H])c5-6)c5c([2H])c([2H])c([2H])c6c5-c5ccccc5C6(C([2H])([2H])[2H])C([2H])([2H])[2H])c([2H])c4[2H])c([2H])c([2H])c4c([2H])c([2H])c([2H])c([2H])c34)c([2H])c2[2H])c([2H])c1[2H]. The number of anilines is 3. The van der Waals surface area contributed by atoms with E-state index in [1.807, 2.05) is 0 Å². The normalized spacial score (nSPS) is 23.8. The molecule has 9 aromatic rings. The Balaban J connectivity index is 1.38. The van der Waals surface area contributed by atoms with Crippen molar-refractivity contribution < 1.29 is 50.7 Å². The van der Waals surface area contributed by atoms with Crippen molar-refractivity contribution in [3.05, 3.63) is 222 Å². The molecule has 0 aromatic heterocycles. The van der Waals surface area contributed by atoms with E-state index in [-0.39, 0.29) is 22.1 Å². The maximum absolute atomic E-state index is 10.3. The number of nitrogens with zero attached hydrogens (tertiary/aromatic N) is 1. The molecule has 1 heteroatoms. The molecular formula is C58H45N. The Labute approximate surface area is 399 Å². The Morgan fingerprint density at radius 2 is 1.08 bits per heavy atom. The van der Waals surface area contributed by atoms with Gasteiger partial charge in [0.15, 0.2) is 0 Å². The van der Waals surface area contributed by atoms with Crippen molar-refractivity contribution in [1.82, 2.24) is 0 Å². The second-order valence-electron chi connectivity index (χ2n) is 13.6. The molecule has 0 aliphatic heterocycles. The van der Waals surface area contributed by atoms with Gasteiger partial charge in [-0.05, 0) is 113 Å². The molecule has 0 heterocycles. The second-order valence-corrected chi connectivity index (χ2v) is 13.6. The molecule has 9 aromatic carbocycles. The molecule has 0 saturated heterocycles. The van der Waals surface area contributed by atoms with E-state index < -0.39 is 278 Å². The van der Waals surface area contributed by atoms with Gasteiger partial charge in [-0.15, -0.1) is 0 Å². The molecule has 0 N–H and O–H groups in total. The van der Waals surface area contributed by atoms with Crippen LogP contribution >= 0.6 is 0 Å². The van der Waals surface area contributed by atoms with Crippen LogP contribution in [0, 0.1) is 0 Å². The Morgan fingerprint density at radius 3 is 1.98 bits per heavy atom. The molecule has 11 rings (SSSR count). The van der Waals surface area contributed by atoms with Gasteiger partial charge in [-0.3, -0.25) is 0 Å². The summed E-state index contributed by atoms with van der Waals surface area (Å²) in [5.74, 6) is 0. The van der Waals surface area contributed by atoms with E-state index in [1.54, 1.807) is 0 Å². The Morgan fingerprint density at radius 1 is 0.407 bits per heavy atom. The van der Waals surface area contributed by atoms with Crippen molar-refractivity contribution in [3.8, 4) is 55.6 Å². The smallest absolute Gasteiger partial charge is 0.0648 e. The lowest BCUT2D eigenvalue weighted by molar-refractivity contribution is 0.660. The summed E-state index contributed by atoms with van der Waals surface area (Å²) in [6, 6.07) is -18.8. The van der Waals surface area contributed by atoms with Crippen molar-refractivity contribution >= 4 is 27.8 Å². The highest BCUT2D eigenvalue weighted by Crippen LogP contribution is 2.56. The molecule has 2 aliphatic rings. The molecule has 0 radical (unpaired) electrons. The number of hydrogen-bond acceptors (Lipinski definition) is 1. The third kappa shape index (κ3) is 5.45. The van der Waals surface area contributed by atoms with Crippen LogP contribution in [0.25, 0.3) is 66.4 Å². The number of benzene rings is 9. The van der Waals surface area contributed by atoms with E-state index in [1.165, 1.54) is 18.2 Å². The van der Waals surface area contributed by atoms with Gasteiger partial charge in [0.1, 0.15) is 0 Å². The maximum atomic E-state index is 10.3. The molecule has 282 valence electrons. The van der Waals surface area contributed by atoms with Crippen LogP contribution in [-0.2, 0) is 10.8 Å². The molecule has 0 spiro atoms. The summed E-state index contributed by atoms with van der Waals surface area (Å²) in [5.41, 5.74) is -22.5. The minimum Gasteiger partial charge on any atom is -0.310 e. The number of hydrogen-bond donors (Lipinski definition) is 0. The zero-order chi connectivity index (χ0) is 71.6. The molecule has 1 nitrogen and oxygen atoms in total. The highest BCUT2D eigenvalue weighted by Gasteiger charge is 2.39. The highest BCUT2D eigenvalue weighted by molar-refractivity contribution is 6.05. The Bertz CT molecular complexity index is 4960. The third-order valence-electron chi connectivity index (χ3n) is 10.3. The maximum Gasteiger partial charge on any atom is 0.0648 e. The predicted octanol–water partition coefficient (Wildman–Crippen LogP) is 15.9. The lowest BCUT2D eigenvalue weighted by atomic mass is 9.82. The van der Waals surface area contributed by atoms with Gasteiger partial charge in [-0.2, -0.15) is 0 Å². The van der Waals surface area contributed by atoms with E-state index in [2.05, 4.69) is 0 Å². The fourth-order valence-electron chi connectivity index (χ4n) is 7.55. The van der Waals surface area contributed by atoms with Gasteiger partial charge in [0, 0.05) is 44.2 Å². The molecular weight excluding hydrogens is 711 g/mol. The van der Waals surface area contributed by atoms with Crippen molar-refractivity contribution in [2.24, 2.45) is 0 Å². The van der Waals surface area contributed by atoms with Crippen molar-refractivity contribution in [2.45, 2.75) is 38.2 Å². The van der Waals surface area contributed by atoms with Crippen LogP contribution in [0.2, 0.25) is 0 Å². The van der Waals surface area contributed by atoms with Crippen molar-refractivity contribution in [3.63, 3.8) is 0 Å². The van der Waals surface area contributed by atoms with Gasteiger partial charge in [0.05, 0.1) is 40.0 Å². The zero-order valence-corrected chi connectivity index (χ0v) is 30.1. The largest absolute Gasteiger partial charge is 0.310 e. The van der Waals surface area contributed by atoms with E-state index in [0.717, 1.165) is 30.3 Å². The van der Waals surface area contributed by atoms with Crippen LogP contribution in [-0.4, -0.2) is 0 Å². The van der Waals surface area contributed by atoms with Gasteiger partial charge < -0.3 is 4.90 Å². The Kier molecular flexibility index (Phi) is 3.11.